The minimum atomic E-state index is 0.746. The summed E-state index contributed by atoms with van der Waals surface area (Å²) in [4.78, 5) is 4.04. The molecular weight excluding hydrogens is 208 g/mol. The average Bonchev–Trinajstić information content (AvgIpc) is 2.38. The molecule has 0 radical (unpaired) electrons. The first kappa shape index (κ1) is 11.6. The Hall–Kier alpha value is -1.83. The van der Waals surface area contributed by atoms with Gasteiger partial charge >= 0.3 is 0 Å². The Morgan fingerprint density at radius 1 is 1.06 bits per heavy atom. The summed E-state index contributed by atoms with van der Waals surface area (Å²) in [5.74, 6) is 0. The van der Waals surface area contributed by atoms with E-state index in [1.807, 2.05) is 6.07 Å². The van der Waals surface area contributed by atoms with E-state index in [1.54, 1.807) is 12.4 Å². The number of rotatable bonds is 3. The van der Waals surface area contributed by atoms with Crippen LogP contribution in [0.2, 0.25) is 0 Å². The van der Waals surface area contributed by atoms with Gasteiger partial charge in [-0.1, -0.05) is 32.0 Å². The Kier molecular flexibility index (Phi) is 3.43. The second kappa shape index (κ2) is 5.00. The van der Waals surface area contributed by atoms with Crippen LogP contribution in [0.25, 0.3) is 11.1 Å². The summed E-state index contributed by atoms with van der Waals surface area (Å²) in [5.41, 5.74) is 11.8. The van der Waals surface area contributed by atoms with E-state index in [9.17, 15) is 0 Å². The highest BCUT2D eigenvalue weighted by Crippen LogP contribution is 2.29. The van der Waals surface area contributed by atoms with Crippen LogP contribution in [0.1, 0.15) is 25.0 Å². The largest absolute Gasteiger partial charge is 0.397 e. The highest BCUT2D eigenvalue weighted by Gasteiger charge is 2.07. The van der Waals surface area contributed by atoms with Crippen LogP contribution in [0, 0.1) is 0 Å². The highest BCUT2D eigenvalue weighted by molar-refractivity contribution is 5.78. The van der Waals surface area contributed by atoms with Crippen molar-refractivity contribution in [1.29, 1.82) is 0 Å². The zero-order valence-electron chi connectivity index (χ0n) is 10.4. The van der Waals surface area contributed by atoms with Gasteiger partial charge in [0.25, 0.3) is 0 Å². The number of hydrogen-bond donors (Lipinski definition) is 1. The highest BCUT2D eigenvalue weighted by atomic mass is 14.7. The van der Waals surface area contributed by atoms with E-state index in [1.165, 1.54) is 16.7 Å². The summed E-state index contributed by atoms with van der Waals surface area (Å²) in [6.45, 7) is 4.34. The Balaban J connectivity index is 2.60. The first-order chi connectivity index (χ1) is 8.26. The fourth-order valence-corrected chi connectivity index (χ4v) is 2.05. The molecule has 0 fully saturated rings. The van der Waals surface area contributed by atoms with Crippen LogP contribution < -0.4 is 5.73 Å². The van der Waals surface area contributed by atoms with Crippen LogP contribution >= 0.6 is 0 Å². The van der Waals surface area contributed by atoms with Crippen molar-refractivity contribution < 1.29 is 0 Å². The number of aryl methyl sites for hydroxylation is 2. The molecule has 2 rings (SSSR count). The summed E-state index contributed by atoms with van der Waals surface area (Å²) in [5, 5.41) is 0. The van der Waals surface area contributed by atoms with E-state index < -0.39 is 0 Å². The van der Waals surface area contributed by atoms with Crippen LogP contribution in [0.3, 0.4) is 0 Å². The normalized spacial score (nSPS) is 10.5. The number of aromatic nitrogens is 1. The lowest BCUT2D eigenvalue weighted by Crippen LogP contribution is -1.95. The first-order valence-corrected chi connectivity index (χ1v) is 6.08. The van der Waals surface area contributed by atoms with Gasteiger partial charge in [-0.2, -0.15) is 0 Å². The molecule has 0 aliphatic carbocycles. The predicted octanol–water partition coefficient (Wildman–Crippen LogP) is 3.46. The standard InChI is InChI=1S/C15H18N2/c1-3-11-5-6-12(4-2)14(9-11)13-7-8-17-10-15(13)16/h5-10H,3-4,16H2,1-2H3. The predicted molar refractivity (Wildman–Crippen MR) is 72.8 cm³/mol. The number of pyridine rings is 1. The lowest BCUT2D eigenvalue weighted by molar-refractivity contribution is 1.10. The van der Waals surface area contributed by atoms with Crippen molar-refractivity contribution in [2.45, 2.75) is 26.7 Å². The molecule has 0 bridgehead atoms. The van der Waals surface area contributed by atoms with E-state index in [0.29, 0.717) is 0 Å². The van der Waals surface area contributed by atoms with Crippen LogP contribution in [-0.4, -0.2) is 4.98 Å². The smallest absolute Gasteiger partial charge is 0.0580 e. The van der Waals surface area contributed by atoms with E-state index in [2.05, 4.69) is 37.0 Å². The van der Waals surface area contributed by atoms with Crippen molar-refractivity contribution in [2.75, 3.05) is 5.73 Å². The molecule has 0 aliphatic rings. The summed E-state index contributed by atoms with van der Waals surface area (Å²) < 4.78 is 0. The number of anilines is 1. The lowest BCUT2D eigenvalue weighted by atomic mass is 9.95. The third-order valence-corrected chi connectivity index (χ3v) is 3.11. The maximum Gasteiger partial charge on any atom is 0.0580 e. The molecule has 2 N–H and O–H groups in total. The van der Waals surface area contributed by atoms with E-state index in [-0.39, 0.29) is 0 Å². The molecule has 0 saturated carbocycles. The molecule has 1 aromatic carbocycles. The molecule has 0 amide bonds. The average molecular weight is 226 g/mol. The van der Waals surface area contributed by atoms with Gasteiger partial charge in [0, 0.05) is 11.8 Å². The summed E-state index contributed by atoms with van der Waals surface area (Å²) in [6.07, 6.45) is 5.57. The minimum absolute atomic E-state index is 0.746. The Morgan fingerprint density at radius 3 is 2.53 bits per heavy atom. The van der Waals surface area contributed by atoms with Gasteiger partial charge in [-0.05, 0) is 35.6 Å². The Bertz CT molecular complexity index is 518. The molecule has 88 valence electrons. The third-order valence-electron chi connectivity index (χ3n) is 3.11. The number of nitrogens with two attached hydrogens (primary N) is 1. The minimum Gasteiger partial charge on any atom is -0.397 e. The van der Waals surface area contributed by atoms with Gasteiger partial charge in [0.1, 0.15) is 0 Å². The fourth-order valence-electron chi connectivity index (χ4n) is 2.05. The molecule has 2 nitrogen and oxygen atoms in total. The summed E-state index contributed by atoms with van der Waals surface area (Å²) in [6, 6.07) is 8.63. The maximum atomic E-state index is 6.01. The monoisotopic (exact) mass is 226 g/mol. The molecule has 1 heterocycles. The van der Waals surface area contributed by atoms with Crippen molar-refractivity contribution in [3.63, 3.8) is 0 Å². The lowest BCUT2D eigenvalue weighted by Gasteiger charge is -2.12. The van der Waals surface area contributed by atoms with Crippen molar-refractivity contribution >= 4 is 5.69 Å². The molecule has 0 unspecified atom stereocenters. The van der Waals surface area contributed by atoms with Crippen LogP contribution in [0.15, 0.2) is 36.7 Å². The van der Waals surface area contributed by atoms with Gasteiger partial charge in [-0.25, -0.2) is 0 Å². The molecule has 17 heavy (non-hydrogen) atoms. The zero-order valence-corrected chi connectivity index (χ0v) is 10.4. The van der Waals surface area contributed by atoms with E-state index in [0.717, 1.165) is 24.1 Å². The third kappa shape index (κ3) is 2.31. The van der Waals surface area contributed by atoms with Gasteiger partial charge in [0.2, 0.25) is 0 Å². The number of nitrogens with zero attached hydrogens (tertiary/aromatic N) is 1. The Labute approximate surface area is 103 Å². The molecular formula is C15H18N2. The van der Waals surface area contributed by atoms with Gasteiger partial charge in [-0.15, -0.1) is 0 Å². The van der Waals surface area contributed by atoms with Crippen molar-refractivity contribution in [3.05, 3.63) is 47.8 Å². The maximum absolute atomic E-state index is 6.01. The second-order valence-corrected chi connectivity index (χ2v) is 4.16. The van der Waals surface area contributed by atoms with Gasteiger partial charge in [0.15, 0.2) is 0 Å². The van der Waals surface area contributed by atoms with E-state index >= 15 is 0 Å². The van der Waals surface area contributed by atoms with Gasteiger partial charge < -0.3 is 5.73 Å². The van der Waals surface area contributed by atoms with Crippen molar-refractivity contribution in [1.82, 2.24) is 4.98 Å². The Morgan fingerprint density at radius 2 is 1.88 bits per heavy atom. The first-order valence-electron chi connectivity index (χ1n) is 6.08. The molecule has 2 heteroatoms. The van der Waals surface area contributed by atoms with Crippen LogP contribution in [-0.2, 0) is 12.8 Å². The fraction of sp³-hybridized carbons (Fsp3) is 0.267. The topological polar surface area (TPSA) is 38.9 Å². The quantitative estimate of drug-likeness (QED) is 0.870. The number of nitrogen functional groups attached to an aromatic ring is 1. The molecule has 0 atom stereocenters. The SMILES string of the molecule is CCc1ccc(CC)c(-c2ccncc2N)c1. The summed E-state index contributed by atoms with van der Waals surface area (Å²) in [7, 11) is 0. The van der Waals surface area contributed by atoms with E-state index in [4.69, 9.17) is 5.73 Å². The van der Waals surface area contributed by atoms with Gasteiger partial charge in [0.05, 0.1) is 11.9 Å². The zero-order chi connectivity index (χ0) is 12.3. The second-order valence-electron chi connectivity index (χ2n) is 4.16. The molecule has 0 aliphatic heterocycles. The molecule has 2 aromatic rings. The number of benzene rings is 1. The molecule has 0 saturated heterocycles. The van der Waals surface area contributed by atoms with Gasteiger partial charge in [-0.3, -0.25) is 4.98 Å². The number of hydrogen-bond acceptors (Lipinski definition) is 2. The molecule has 0 spiro atoms. The van der Waals surface area contributed by atoms with Crippen molar-refractivity contribution in [3.8, 4) is 11.1 Å². The summed E-state index contributed by atoms with van der Waals surface area (Å²) >= 11 is 0. The van der Waals surface area contributed by atoms with Crippen LogP contribution in [0.4, 0.5) is 5.69 Å². The van der Waals surface area contributed by atoms with Crippen LogP contribution in [0.5, 0.6) is 0 Å². The molecule has 1 aromatic heterocycles. The van der Waals surface area contributed by atoms with Crippen molar-refractivity contribution in [2.24, 2.45) is 0 Å².